The molecule has 0 spiro atoms. The minimum absolute atomic E-state index is 0.0553. The van der Waals surface area contributed by atoms with E-state index in [1.165, 1.54) is 11.8 Å². The molecule has 2 aromatic heterocycles. The summed E-state index contributed by atoms with van der Waals surface area (Å²) in [6, 6.07) is 11.1. The second-order valence-electron chi connectivity index (χ2n) is 8.26. The summed E-state index contributed by atoms with van der Waals surface area (Å²) in [4.78, 5) is 22.9. The number of nitrogens with zero attached hydrogens (tertiary/aromatic N) is 4. The van der Waals surface area contributed by atoms with E-state index >= 15 is 0 Å². The van der Waals surface area contributed by atoms with Crippen LogP contribution in [0.3, 0.4) is 0 Å². The van der Waals surface area contributed by atoms with Crippen LogP contribution in [0.4, 0.5) is 0 Å². The predicted octanol–water partition coefficient (Wildman–Crippen LogP) is 4.59. The van der Waals surface area contributed by atoms with E-state index in [1.54, 1.807) is 19.2 Å². The van der Waals surface area contributed by atoms with Crippen LogP contribution < -0.4 is 19.8 Å². The van der Waals surface area contributed by atoms with Gasteiger partial charge in [-0.15, -0.1) is 0 Å². The number of methoxy groups -OCH3 is 1. The van der Waals surface area contributed by atoms with Crippen LogP contribution in [0, 0.1) is 0 Å². The first-order valence-corrected chi connectivity index (χ1v) is 12.1. The Labute approximate surface area is 199 Å². The van der Waals surface area contributed by atoms with E-state index < -0.39 is 0 Å². The van der Waals surface area contributed by atoms with Gasteiger partial charge in [-0.3, -0.25) is 9.36 Å². The molecule has 0 N–H and O–H groups in total. The maximum absolute atomic E-state index is 13.5. The summed E-state index contributed by atoms with van der Waals surface area (Å²) < 4.78 is 23.6. The van der Waals surface area contributed by atoms with Crippen molar-refractivity contribution in [3.63, 3.8) is 0 Å². The largest absolute Gasteiger partial charge is 0.497 e. The highest BCUT2D eigenvalue weighted by Gasteiger charge is 2.25. The summed E-state index contributed by atoms with van der Waals surface area (Å²) in [6.45, 7) is 0.150. The molecule has 4 aromatic rings. The van der Waals surface area contributed by atoms with Crippen LogP contribution in [0.15, 0.2) is 50.9 Å². The highest BCUT2D eigenvalue weighted by atomic mass is 32.2. The average Bonchev–Trinajstić information content (AvgIpc) is 3.64. The average molecular weight is 479 g/mol. The Morgan fingerprint density at radius 1 is 1.12 bits per heavy atom. The van der Waals surface area contributed by atoms with Gasteiger partial charge in [0.15, 0.2) is 16.7 Å². The fourth-order valence-corrected chi connectivity index (χ4v) is 5.38. The van der Waals surface area contributed by atoms with Crippen LogP contribution in [0.25, 0.3) is 22.3 Å². The molecule has 1 fully saturated rings. The first-order valence-electron chi connectivity index (χ1n) is 11.2. The van der Waals surface area contributed by atoms with E-state index in [0.717, 1.165) is 37.0 Å². The van der Waals surface area contributed by atoms with Crippen LogP contribution >= 0.6 is 11.8 Å². The SMILES string of the molecule is COc1cccc(-c2noc(CSc3nc4cc5c(cc4c(=O)n3C3CCCC3)OCO5)n2)c1. The lowest BCUT2D eigenvalue weighted by atomic mass is 10.2. The molecule has 1 aliphatic heterocycles. The molecule has 0 atom stereocenters. The molecule has 0 saturated heterocycles. The molecule has 0 unspecified atom stereocenters. The Morgan fingerprint density at radius 3 is 2.76 bits per heavy atom. The number of thioether (sulfide) groups is 1. The fourth-order valence-electron chi connectivity index (χ4n) is 4.47. The number of hydrogen-bond acceptors (Lipinski definition) is 9. The van der Waals surface area contributed by atoms with Crippen molar-refractivity contribution in [2.75, 3.05) is 13.9 Å². The number of hydrogen-bond donors (Lipinski definition) is 0. The van der Waals surface area contributed by atoms with Crippen molar-refractivity contribution in [2.45, 2.75) is 42.6 Å². The maximum atomic E-state index is 13.5. The van der Waals surface area contributed by atoms with Crippen LogP contribution in [0.5, 0.6) is 17.2 Å². The maximum Gasteiger partial charge on any atom is 0.262 e. The number of fused-ring (bicyclic) bond motifs is 2. The number of rotatable bonds is 6. The zero-order valence-electron chi connectivity index (χ0n) is 18.5. The van der Waals surface area contributed by atoms with Gasteiger partial charge in [-0.25, -0.2) is 4.98 Å². The molecule has 34 heavy (non-hydrogen) atoms. The molecule has 2 aromatic carbocycles. The predicted molar refractivity (Wildman–Crippen MR) is 125 cm³/mol. The van der Waals surface area contributed by atoms with Crippen molar-refractivity contribution in [1.29, 1.82) is 0 Å². The van der Waals surface area contributed by atoms with Crippen molar-refractivity contribution < 1.29 is 18.7 Å². The molecule has 1 saturated carbocycles. The van der Waals surface area contributed by atoms with Gasteiger partial charge in [0, 0.05) is 17.7 Å². The van der Waals surface area contributed by atoms with Gasteiger partial charge < -0.3 is 18.7 Å². The van der Waals surface area contributed by atoms with Gasteiger partial charge in [0.25, 0.3) is 5.56 Å². The molecule has 10 heteroatoms. The van der Waals surface area contributed by atoms with E-state index in [9.17, 15) is 4.79 Å². The standard InChI is InChI=1S/C24H22N4O5S/c1-30-16-8-4-5-14(9-16)22-26-21(33-27-22)12-34-24-25-18-11-20-19(31-13-32-20)10-17(18)23(29)28(24)15-6-2-3-7-15/h4-5,8-11,15H,2-3,6-7,12-13H2,1H3. The number of benzene rings is 2. The van der Waals surface area contributed by atoms with Gasteiger partial charge in [0.2, 0.25) is 18.5 Å². The summed E-state index contributed by atoms with van der Waals surface area (Å²) in [5, 5.41) is 5.29. The molecule has 0 amide bonds. The van der Waals surface area contributed by atoms with Gasteiger partial charge in [-0.1, -0.05) is 41.9 Å². The second kappa shape index (κ2) is 8.68. The highest BCUT2D eigenvalue weighted by molar-refractivity contribution is 7.98. The minimum atomic E-state index is -0.0553. The monoisotopic (exact) mass is 478 g/mol. The second-order valence-corrected chi connectivity index (χ2v) is 9.21. The van der Waals surface area contributed by atoms with Crippen molar-refractivity contribution in [1.82, 2.24) is 19.7 Å². The quantitative estimate of drug-likeness (QED) is 0.291. The zero-order chi connectivity index (χ0) is 23.1. The van der Waals surface area contributed by atoms with Crippen molar-refractivity contribution in [3.05, 3.63) is 52.6 Å². The smallest absolute Gasteiger partial charge is 0.262 e. The minimum Gasteiger partial charge on any atom is -0.497 e. The summed E-state index contributed by atoms with van der Waals surface area (Å²) in [6.07, 6.45) is 4.14. The van der Waals surface area contributed by atoms with Crippen LogP contribution in [-0.4, -0.2) is 33.6 Å². The number of aromatic nitrogens is 4. The normalized spacial score (nSPS) is 15.3. The van der Waals surface area contributed by atoms with E-state index in [2.05, 4.69) is 10.1 Å². The fraction of sp³-hybridized carbons (Fsp3) is 0.333. The molecule has 174 valence electrons. The van der Waals surface area contributed by atoms with Crippen molar-refractivity contribution in [2.24, 2.45) is 0 Å². The zero-order valence-corrected chi connectivity index (χ0v) is 19.3. The first kappa shape index (κ1) is 21.0. The Balaban J connectivity index is 1.33. The van der Waals surface area contributed by atoms with Gasteiger partial charge in [0.05, 0.1) is 23.8 Å². The van der Waals surface area contributed by atoms with Crippen LogP contribution in [0.2, 0.25) is 0 Å². The van der Waals surface area contributed by atoms with Gasteiger partial charge in [-0.2, -0.15) is 4.98 Å². The van der Waals surface area contributed by atoms with E-state index in [-0.39, 0.29) is 18.4 Å². The number of ether oxygens (including phenoxy) is 3. The Kier molecular flexibility index (Phi) is 5.37. The Bertz CT molecular complexity index is 1430. The molecule has 6 rings (SSSR count). The third-order valence-electron chi connectivity index (χ3n) is 6.17. The lowest BCUT2D eigenvalue weighted by Crippen LogP contribution is -2.26. The van der Waals surface area contributed by atoms with Crippen molar-refractivity contribution >= 4 is 22.7 Å². The molecule has 1 aliphatic carbocycles. The van der Waals surface area contributed by atoms with Gasteiger partial charge in [0.1, 0.15) is 5.75 Å². The van der Waals surface area contributed by atoms with Crippen LogP contribution in [-0.2, 0) is 5.75 Å². The first-order chi connectivity index (χ1) is 16.7. The van der Waals surface area contributed by atoms with E-state index in [4.69, 9.17) is 23.7 Å². The molecule has 0 bridgehead atoms. The van der Waals surface area contributed by atoms with E-state index in [1.807, 2.05) is 28.8 Å². The summed E-state index contributed by atoms with van der Waals surface area (Å²) in [5.41, 5.74) is 1.34. The molecule has 2 aliphatic rings. The molecule has 9 nitrogen and oxygen atoms in total. The van der Waals surface area contributed by atoms with Gasteiger partial charge >= 0.3 is 0 Å². The van der Waals surface area contributed by atoms with E-state index in [0.29, 0.717) is 45.0 Å². The third-order valence-corrected chi connectivity index (χ3v) is 7.11. The Hall–Kier alpha value is -3.53. The lowest BCUT2D eigenvalue weighted by Gasteiger charge is -2.18. The lowest BCUT2D eigenvalue weighted by molar-refractivity contribution is 0.174. The topological polar surface area (TPSA) is 102 Å². The van der Waals surface area contributed by atoms with Gasteiger partial charge in [-0.05, 0) is 31.0 Å². The molecular formula is C24H22N4O5S. The van der Waals surface area contributed by atoms with Crippen LogP contribution in [0.1, 0.15) is 37.6 Å². The van der Waals surface area contributed by atoms with Crippen molar-refractivity contribution in [3.8, 4) is 28.6 Å². The molecular weight excluding hydrogens is 456 g/mol. The molecule has 0 radical (unpaired) electrons. The Morgan fingerprint density at radius 2 is 1.94 bits per heavy atom. The third kappa shape index (κ3) is 3.77. The summed E-state index contributed by atoms with van der Waals surface area (Å²) in [7, 11) is 1.62. The summed E-state index contributed by atoms with van der Waals surface area (Å²) in [5.74, 6) is 3.25. The summed E-state index contributed by atoms with van der Waals surface area (Å²) >= 11 is 1.42. The molecule has 3 heterocycles. The highest BCUT2D eigenvalue weighted by Crippen LogP contribution is 2.37.